The summed E-state index contributed by atoms with van der Waals surface area (Å²) >= 11 is 0. The van der Waals surface area contributed by atoms with E-state index >= 15 is 0 Å². The zero-order valence-corrected chi connectivity index (χ0v) is 10.3. The second kappa shape index (κ2) is 5.17. The summed E-state index contributed by atoms with van der Waals surface area (Å²) in [6.07, 6.45) is 2.59. The number of nitrogens with zero attached hydrogens (tertiary/aromatic N) is 1. The van der Waals surface area contributed by atoms with Crippen LogP contribution in [0.2, 0.25) is 0 Å². The van der Waals surface area contributed by atoms with Crippen molar-refractivity contribution in [1.82, 2.24) is 10.2 Å². The minimum atomic E-state index is 0. The number of nitrogens with one attached hydrogen (secondary N) is 1. The number of hydrogen-bond acceptors (Lipinski definition) is 2. The van der Waals surface area contributed by atoms with Gasteiger partial charge < -0.3 is 5.32 Å². The molecule has 1 aliphatic heterocycles. The van der Waals surface area contributed by atoms with E-state index in [1.165, 1.54) is 25.9 Å². The van der Waals surface area contributed by atoms with Crippen LogP contribution in [-0.4, -0.2) is 31.1 Å². The Morgan fingerprint density at radius 3 is 2.69 bits per heavy atom. The van der Waals surface area contributed by atoms with Crippen molar-refractivity contribution >= 4 is 12.4 Å². The fourth-order valence-electron chi connectivity index (χ4n) is 2.91. The summed E-state index contributed by atoms with van der Waals surface area (Å²) in [6.45, 7) is 4.72. The highest BCUT2D eigenvalue weighted by molar-refractivity contribution is 5.85. The van der Waals surface area contributed by atoms with Crippen LogP contribution in [-0.2, 0) is 6.42 Å². The Labute approximate surface area is 103 Å². The maximum absolute atomic E-state index is 3.42. The quantitative estimate of drug-likeness (QED) is 0.805. The molecule has 1 aromatic carbocycles. The average molecular weight is 239 g/mol. The Kier molecular flexibility index (Phi) is 3.85. The van der Waals surface area contributed by atoms with Gasteiger partial charge in [0.2, 0.25) is 0 Å². The van der Waals surface area contributed by atoms with Crippen molar-refractivity contribution in [3.8, 4) is 0 Å². The van der Waals surface area contributed by atoms with Crippen LogP contribution in [0.5, 0.6) is 0 Å². The van der Waals surface area contributed by atoms with Gasteiger partial charge in [-0.2, -0.15) is 0 Å². The number of fused-ring (bicyclic) bond motifs is 1. The molecule has 1 N–H and O–H groups in total. The van der Waals surface area contributed by atoms with Crippen molar-refractivity contribution in [1.29, 1.82) is 0 Å². The van der Waals surface area contributed by atoms with E-state index < -0.39 is 0 Å². The molecule has 0 spiro atoms. The zero-order valence-electron chi connectivity index (χ0n) is 9.48. The smallest absolute Gasteiger partial charge is 0.0355 e. The summed E-state index contributed by atoms with van der Waals surface area (Å²) in [5.41, 5.74) is 3.15. The molecule has 1 aromatic rings. The SMILES string of the molecule is Cl.c1ccc2c(c1)CCC2N1CCNCC1. The van der Waals surface area contributed by atoms with Crippen LogP contribution in [0.25, 0.3) is 0 Å². The minimum absolute atomic E-state index is 0. The molecule has 16 heavy (non-hydrogen) atoms. The molecule has 3 heteroatoms. The number of piperazine rings is 1. The number of halogens is 1. The molecular formula is C13H19ClN2. The predicted molar refractivity (Wildman–Crippen MR) is 69.2 cm³/mol. The molecule has 2 nitrogen and oxygen atoms in total. The highest BCUT2D eigenvalue weighted by Gasteiger charge is 2.27. The van der Waals surface area contributed by atoms with Crippen molar-refractivity contribution in [2.75, 3.05) is 26.2 Å². The van der Waals surface area contributed by atoms with Gasteiger partial charge in [-0.25, -0.2) is 0 Å². The summed E-state index contributed by atoms with van der Waals surface area (Å²) < 4.78 is 0. The maximum Gasteiger partial charge on any atom is 0.0355 e. The predicted octanol–water partition coefficient (Wildman–Crippen LogP) is 2.00. The Hall–Kier alpha value is -0.570. The first-order chi connectivity index (χ1) is 7.45. The van der Waals surface area contributed by atoms with Crippen LogP contribution in [0.1, 0.15) is 23.6 Å². The number of aryl methyl sites for hydroxylation is 1. The van der Waals surface area contributed by atoms with E-state index in [0.29, 0.717) is 6.04 Å². The number of benzene rings is 1. The number of rotatable bonds is 1. The van der Waals surface area contributed by atoms with Gasteiger partial charge in [0.25, 0.3) is 0 Å². The van der Waals surface area contributed by atoms with E-state index in [0.717, 1.165) is 13.1 Å². The molecule has 1 aliphatic carbocycles. The van der Waals surface area contributed by atoms with Gasteiger partial charge in [-0.1, -0.05) is 24.3 Å². The Morgan fingerprint density at radius 1 is 1.12 bits per heavy atom. The highest BCUT2D eigenvalue weighted by Crippen LogP contribution is 2.35. The molecule has 3 rings (SSSR count). The molecule has 0 radical (unpaired) electrons. The molecule has 88 valence electrons. The molecule has 1 saturated heterocycles. The molecule has 1 fully saturated rings. The largest absolute Gasteiger partial charge is 0.314 e. The third kappa shape index (κ3) is 2.10. The van der Waals surface area contributed by atoms with E-state index in [4.69, 9.17) is 0 Å². The number of hydrogen-bond donors (Lipinski definition) is 1. The van der Waals surface area contributed by atoms with Gasteiger partial charge in [0.15, 0.2) is 0 Å². The van der Waals surface area contributed by atoms with E-state index in [9.17, 15) is 0 Å². The first-order valence-corrected chi connectivity index (χ1v) is 5.98. The van der Waals surface area contributed by atoms with Crippen molar-refractivity contribution < 1.29 is 0 Å². The highest BCUT2D eigenvalue weighted by atomic mass is 35.5. The summed E-state index contributed by atoms with van der Waals surface area (Å²) in [4.78, 5) is 2.64. The molecule has 2 aliphatic rings. The van der Waals surface area contributed by atoms with E-state index in [2.05, 4.69) is 34.5 Å². The zero-order chi connectivity index (χ0) is 10.1. The van der Waals surface area contributed by atoms with Gasteiger partial charge in [-0.3, -0.25) is 4.90 Å². The van der Waals surface area contributed by atoms with E-state index in [1.807, 2.05) is 0 Å². The second-order valence-electron chi connectivity index (χ2n) is 4.54. The van der Waals surface area contributed by atoms with Crippen LogP contribution in [0, 0.1) is 0 Å². The second-order valence-corrected chi connectivity index (χ2v) is 4.54. The lowest BCUT2D eigenvalue weighted by Crippen LogP contribution is -2.44. The van der Waals surface area contributed by atoms with E-state index in [-0.39, 0.29) is 12.4 Å². The van der Waals surface area contributed by atoms with Gasteiger partial charge >= 0.3 is 0 Å². The standard InChI is InChI=1S/C13H18N2.ClH/c1-2-4-12-11(3-1)5-6-13(12)15-9-7-14-8-10-15;/h1-4,13-14H,5-10H2;1H. The molecule has 0 saturated carbocycles. The van der Waals surface area contributed by atoms with Crippen molar-refractivity contribution in [3.63, 3.8) is 0 Å². The van der Waals surface area contributed by atoms with Gasteiger partial charge in [0.05, 0.1) is 0 Å². The normalized spacial score (nSPS) is 24.9. The van der Waals surface area contributed by atoms with E-state index in [1.54, 1.807) is 11.1 Å². The Balaban J connectivity index is 0.000000963. The van der Waals surface area contributed by atoms with Crippen LogP contribution in [0.4, 0.5) is 0 Å². The molecule has 1 heterocycles. The lowest BCUT2D eigenvalue weighted by Gasteiger charge is -2.33. The Bertz CT molecular complexity index is 348. The van der Waals surface area contributed by atoms with Crippen molar-refractivity contribution in [3.05, 3.63) is 35.4 Å². The summed E-state index contributed by atoms with van der Waals surface area (Å²) in [5.74, 6) is 0. The lowest BCUT2D eigenvalue weighted by molar-refractivity contribution is 0.173. The maximum atomic E-state index is 3.42. The topological polar surface area (TPSA) is 15.3 Å². The fraction of sp³-hybridized carbons (Fsp3) is 0.538. The summed E-state index contributed by atoms with van der Waals surface area (Å²) in [5, 5.41) is 3.42. The molecule has 1 atom stereocenters. The average Bonchev–Trinajstić information content (AvgIpc) is 2.74. The molecule has 0 aromatic heterocycles. The fourth-order valence-corrected chi connectivity index (χ4v) is 2.91. The first kappa shape index (κ1) is 11.9. The van der Waals surface area contributed by atoms with Gasteiger partial charge in [-0.15, -0.1) is 12.4 Å². The molecule has 0 bridgehead atoms. The minimum Gasteiger partial charge on any atom is -0.314 e. The first-order valence-electron chi connectivity index (χ1n) is 5.98. The van der Waals surface area contributed by atoms with Gasteiger partial charge in [0.1, 0.15) is 0 Å². The monoisotopic (exact) mass is 238 g/mol. The van der Waals surface area contributed by atoms with Crippen LogP contribution in [0.3, 0.4) is 0 Å². The van der Waals surface area contributed by atoms with Gasteiger partial charge in [-0.05, 0) is 24.0 Å². The lowest BCUT2D eigenvalue weighted by atomic mass is 10.1. The summed E-state index contributed by atoms with van der Waals surface area (Å²) in [7, 11) is 0. The van der Waals surface area contributed by atoms with Crippen LogP contribution < -0.4 is 5.32 Å². The molecular weight excluding hydrogens is 220 g/mol. The van der Waals surface area contributed by atoms with Crippen LogP contribution in [0.15, 0.2) is 24.3 Å². The van der Waals surface area contributed by atoms with Gasteiger partial charge in [0, 0.05) is 32.2 Å². The molecule has 1 unspecified atom stereocenters. The van der Waals surface area contributed by atoms with Crippen molar-refractivity contribution in [2.24, 2.45) is 0 Å². The third-order valence-electron chi connectivity index (χ3n) is 3.69. The third-order valence-corrected chi connectivity index (χ3v) is 3.69. The molecule has 0 amide bonds. The Morgan fingerprint density at radius 2 is 1.88 bits per heavy atom. The summed E-state index contributed by atoms with van der Waals surface area (Å²) in [6, 6.07) is 9.65. The van der Waals surface area contributed by atoms with Crippen molar-refractivity contribution in [2.45, 2.75) is 18.9 Å². The van der Waals surface area contributed by atoms with Crippen LogP contribution >= 0.6 is 12.4 Å².